The third-order valence-electron chi connectivity index (χ3n) is 3.05. The Hall–Kier alpha value is -0.710. The summed E-state index contributed by atoms with van der Waals surface area (Å²) in [7, 11) is 0. The molecule has 1 saturated heterocycles. The second-order valence-electron chi connectivity index (χ2n) is 4.69. The second-order valence-corrected chi connectivity index (χ2v) is 5.50. The number of nitrogens with zero attached hydrogens (tertiary/aromatic N) is 1. The number of ether oxygens (including phenoxy) is 1. The molecular formula is C13H19Cl2N3O. The quantitative estimate of drug-likeness (QED) is 0.842. The van der Waals surface area contributed by atoms with Gasteiger partial charge in [0.15, 0.2) is 0 Å². The van der Waals surface area contributed by atoms with E-state index in [2.05, 4.69) is 22.5 Å². The number of hydrogen-bond acceptors (Lipinski definition) is 4. The molecule has 1 fully saturated rings. The first-order valence-corrected chi connectivity index (χ1v) is 7.37. The Morgan fingerprint density at radius 2 is 2.05 bits per heavy atom. The molecule has 1 aliphatic rings. The number of aromatic nitrogens is 1. The van der Waals surface area contributed by atoms with Gasteiger partial charge in [-0.2, -0.15) is 0 Å². The van der Waals surface area contributed by atoms with Gasteiger partial charge in [-0.05, 0) is 18.9 Å². The Morgan fingerprint density at radius 3 is 2.68 bits per heavy atom. The lowest BCUT2D eigenvalue weighted by Crippen LogP contribution is -2.15. The molecule has 1 aliphatic heterocycles. The van der Waals surface area contributed by atoms with Crippen LogP contribution in [0, 0.1) is 5.92 Å². The van der Waals surface area contributed by atoms with Crippen molar-refractivity contribution in [2.24, 2.45) is 5.92 Å². The van der Waals surface area contributed by atoms with Crippen LogP contribution in [-0.4, -0.2) is 31.3 Å². The van der Waals surface area contributed by atoms with Gasteiger partial charge < -0.3 is 15.4 Å². The third kappa shape index (κ3) is 4.13. The molecule has 0 bridgehead atoms. The number of nitrogens with one attached hydrogen (secondary N) is 2. The number of pyridine rings is 1. The van der Waals surface area contributed by atoms with Gasteiger partial charge in [0.2, 0.25) is 0 Å². The highest BCUT2D eigenvalue weighted by atomic mass is 35.5. The van der Waals surface area contributed by atoms with E-state index in [0.29, 0.717) is 27.6 Å². The molecule has 0 aromatic carbocycles. The van der Waals surface area contributed by atoms with Crippen molar-refractivity contribution in [3.05, 3.63) is 16.1 Å². The summed E-state index contributed by atoms with van der Waals surface area (Å²) in [6.07, 6.45) is 2.10. The minimum atomic E-state index is 0.528. The fourth-order valence-corrected chi connectivity index (χ4v) is 2.44. The van der Waals surface area contributed by atoms with E-state index < -0.39 is 0 Å². The minimum Gasteiger partial charge on any atom is -0.381 e. The van der Waals surface area contributed by atoms with E-state index >= 15 is 0 Å². The number of anilines is 2. The zero-order chi connectivity index (χ0) is 13.7. The number of halogens is 2. The van der Waals surface area contributed by atoms with Crippen molar-refractivity contribution in [2.45, 2.75) is 19.8 Å². The van der Waals surface area contributed by atoms with E-state index in [1.165, 1.54) is 0 Å². The fraction of sp³-hybridized carbons (Fsp3) is 0.615. The van der Waals surface area contributed by atoms with Gasteiger partial charge in [0, 0.05) is 25.6 Å². The molecule has 1 aromatic rings. The van der Waals surface area contributed by atoms with Crippen LogP contribution in [0.1, 0.15) is 19.8 Å². The summed E-state index contributed by atoms with van der Waals surface area (Å²) in [6, 6.07) is 1.72. The zero-order valence-electron chi connectivity index (χ0n) is 11.0. The van der Waals surface area contributed by atoms with Crippen LogP contribution in [0.15, 0.2) is 6.07 Å². The molecule has 1 atom stereocenters. The molecule has 19 heavy (non-hydrogen) atoms. The average molecular weight is 304 g/mol. The summed E-state index contributed by atoms with van der Waals surface area (Å²) in [6.45, 7) is 5.40. The van der Waals surface area contributed by atoms with Crippen molar-refractivity contribution in [2.75, 3.05) is 36.9 Å². The fourth-order valence-electron chi connectivity index (χ4n) is 1.94. The normalized spacial score (nSPS) is 18.6. The Labute approximate surface area is 123 Å². The SMILES string of the molecule is CCCNc1nc(NCC2CCOC2)c(Cl)cc1Cl. The molecule has 0 aliphatic carbocycles. The van der Waals surface area contributed by atoms with Crippen LogP contribution in [0.2, 0.25) is 10.0 Å². The average Bonchev–Trinajstić information content (AvgIpc) is 2.90. The molecule has 0 saturated carbocycles. The summed E-state index contributed by atoms with van der Waals surface area (Å²) in [5.41, 5.74) is 0. The lowest BCUT2D eigenvalue weighted by Gasteiger charge is -2.14. The highest BCUT2D eigenvalue weighted by Crippen LogP contribution is 2.29. The van der Waals surface area contributed by atoms with Crippen molar-refractivity contribution >= 4 is 34.8 Å². The van der Waals surface area contributed by atoms with Crippen LogP contribution in [0.4, 0.5) is 11.6 Å². The maximum Gasteiger partial charge on any atom is 0.147 e. The van der Waals surface area contributed by atoms with Crippen LogP contribution >= 0.6 is 23.2 Å². The molecule has 2 N–H and O–H groups in total. The molecule has 6 heteroatoms. The van der Waals surface area contributed by atoms with Gasteiger partial charge in [0.1, 0.15) is 11.6 Å². The van der Waals surface area contributed by atoms with E-state index in [1.807, 2.05) is 0 Å². The highest BCUT2D eigenvalue weighted by Gasteiger charge is 2.16. The first-order valence-electron chi connectivity index (χ1n) is 6.62. The van der Waals surface area contributed by atoms with Gasteiger partial charge in [-0.1, -0.05) is 30.1 Å². The topological polar surface area (TPSA) is 46.2 Å². The Kier molecular flexibility index (Phi) is 5.55. The maximum atomic E-state index is 6.15. The Morgan fingerprint density at radius 1 is 1.32 bits per heavy atom. The molecule has 1 unspecified atom stereocenters. The molecular weight excluding hydrogens is 285 g/mol. The largest absolute Gasteiger partial charge is 0.381 e. The summed E-state index contributed by atoms with van der Waals surface area (Å²) in [5.74, 6) is 1.88. The zero-order valence-corrected chi connectivity index (χ0v) is 12.5. The molecule has 0 spiro atoms. The molecule has 106 valence electrons. The third-order valence-corrected chi connectivity index (χ3v) is 3.63. The predicted octanol–water partition coefficient (Wildman–Crippen LogP) is 3.66. The smallest absolute Gasteiger partial charge is 0.147 e. The van der Waals surface area contributed by atoms with E-state index in [0.717, 1.165) is 39.1 Å². The van der Waals surface area contributed by atoms with Crippen LogP contribution in [0.3, 0.4) is 0 Å². The lowest BCUT2D eigenvalue weighted by atomic mass is 10.1. The summed E-state index contributed by atoms with van der Waals surface area (Å²) >= 11 is 12.3. The Bertz CT molecular complexity index is 423. The molecule has 0 radical (unpaired) electrons. The van der Waals surface area contributed by atoms with Gasteiger partial charge in [-0.3, -0.25) is 0 Å². The summed E-state index contributed by atoms with van der Waals surface area (Å²) in [4.78, 5) is 4.44. The first-order chi connectivity index (χ1) is 9.20. The van der Waals surface area contributed by atoms with Crippen molar-refractivity contribution in [1.82, 2.24) is 4.98 Å². The highest BCUT2D eigenvalue weighted by molar-refractivity contribution is 6.37. The van der Waals surface area contributed by atoms with Crippen molar-refractivity contribution in [3.8, 4) is 0 Å². The van der Waals surface area contributed by atoms with Gasteiger partial charge >= 0.3 is 0 Å². The monoisotopic (exact) mass is 303 g/mol. The first kappa shape index (κ1) is 14.7. The van der Waals surface area contributed by atoms with Gasteiger partial charge in [0.25, 0.3) is 0 Å². The predicted molar refractivity (Wildman–Crippen MR) is 80.5 cm³/mol. The Balaban J connectivity index is 2.01. The van der Waals surface area contributed by atoms with Crippen molar-refractivity contribution in [3.63, 3.8) is 0 Å². The van der Waals surface area contributed by atoms with E-state index in [-0.39, 0.29) is 0 Å². The number of hydrogen-bond donors (Lipinski definition) is 2. The standard InChI is InChI=1S/C13H19Cl2N3O/c1-2-4-16-12-10(14)6-11(15)13(18-12)17-7-9-3-5-19-8-9/h6,9H,2-5,7-8H2,1H3,(H2,16,17,18). The van der Waals surface area contributed by atoms with Crippen molar-refractivity contribution in [1.29, 1.82) is 0 Å². The second kappa shape index (κ2) is 7.17. The van der Waals surface area contributed by atoms with Crippen LogP contribution in [-0.2, 0) is 4.74 Å². The van der Waals surface area contributed by atoms with E-state index in [4.69, 9.17) is 27.9 Å². The van der Waals surface area contributed by atoms with Gasteiger partial charge in [-0.15, -0.1) is 0 Å². The van der Waals surface area contributed by atoms with Crippen LogP contribution in [0.5, 0.6) is 0 Å². The van der Waals surface area contributed by atoms with Gasteiger partial charge in [-0.25, -0.2) is 4.98 Å². The van der Waals surface area contributed by atoms with Crippen LogP contribution in [0.25, 0.3) is 0 Å². The van der Waals surface area contributed by atoms with Crippen molar-refractivity contribution < 1.29 is 4.74 Å². The van der Waals surface area contributed by atoms with Crippen LogP contribution < -0.4 is 10.6 Å². The lowest BCUT2D eigenvalue weighted by molar-refractivity contribution is 0.187. The minimum absolute atomic E-state index is 0.528. The molecule has 2 rings (SSSR count). The maximum absolute atomic E-state index is 6.15. The molecule has 2 heterocycles. The summed E-state index contributed by atoms with van der Waals surface area (Å²) < 4.78 is 5.34. The summed E-state index contributed by atoms with van der Waals surface area (Å²) in [5, 5.41) is 7.57. The number of rotatable bonds is 6. The van der Waals surface area contributed by atoms with E-state index in [1.54, 1.807) is 6.07 Å². The molecule has 4 nitrogen and oxygen atoms in total. The van der Waals surface area contributed by atoms with E-state index in [9.17, 15) is 0 Å². The molecule has 1 aromatic heterocycles. The van der Waals surface area contributed by atoms with Gasteiger partial charge in [0.05, 0.1) is 16.7 Å². The molecule has 0 amide bonds.